The summed E-state index contributed by atoms with van der Waals surface area (Å²) in [4.78, 5) is 12.5. The maximum atomic E-state index is 12.5. The first-order valence-corrected chi connectivity index (χ1v) is 10.9. The zero-order valence-corrected chi connectivity index (χ0v) is 18.9. The number of benzene rings is 2. The van der Waals surface area contributed by atoms with Gasteiger partial charge in [0.1, 0.15) is 11.6 Å². The Morgan fingerprint density at radius 1 is 1.12 bits per heavy atom. The van der Waals surface area contributed by atoms with Crippen molar-refractivity contribution in [3.63, 3.8) is 0 Å². The molecule has 0 aliphatic heterocycles. The van der Waals surface area contributed by atoms with E-state index in [4.69, 9.17) is 22.2 Å². The van der Waals surface area contributed by atoms with E-state index in [1.54, 1.807) is 37.0 Å². The van der Waals surface area contributed by atoms with Gasteiger partial charge in [0.25, 0.3) is 0 Å². The third kappa shape index (κ3) is 4.71. The van der Waals surface area contributed by atoms with E-state index in [0.717, 1.165) is 22.6 Å². The van der Waals surface area contributed by atoms with Crippen LogP contribution in [0.15, 0.2) is 59.8 Å². The summed E-state index contributed by atoms with van der Waals surface area (Å²) >= 11 is 7.13. The minimum Gasteiger partial charge on any atom is -0.497 e. The molecule has 0 unspecified atom stereocenters. The number of anilines is 1. The van der Waals surface area contributed by atoms with Crippen LogP contribution in [0.4, 0.5) is 5.82 Å². The molecular weight excluding hydrogens is 450 g/mol. The topological polar surface area (TPSA) is 113 Å². The smallest absolute Gasteiger partial charge is 0.235 e. The molecule has 0 fully saturated rings. The average molecular weight is 470 g/mol. The number of aromatic nitrogens is 5. The Bertz CT molecular complexity index is 1240. The molecule has 164 valence electrons. The molecule has 4 aromatic rings. The molecule has 2 heterocycles. The molecule has 4 rings (SSSR count). The summed E-state index contributed by atoms with van der Waals surface area (Å²) in [6.07, 6.45) is 0. The molecule has 0 saturated carbocycles. The van der Waals surface area contributed by atoms with Crippen LogP contribution in [0, 0.1) is 0 Å². The van der Waals surface area contributed by atoms with E-state index in [1.807, 2.05) is 36.4 Å². The number of nitrogen functional groups attached to an aromatic ring is 1. The summed E-state index contributed by atoms with van der Waals surface area (Å²) < 4.78 is 8.13. The van der Waals surface area contributed by atoms with Crippen LogP contribution in [0.2, 0.25) is 5.02 Å². The Hall–Kier alpha value is -3.50. The predicted molar refractivity (Wildman–Crippen MR) is 125 cm³/mol. The molecule has 0 aliphatic carbocycles. The lowest BCUT2D eigenvalue weighted by Gasteiger charge is -2.06. The van der Waals surface area contributed by atoms with Crippen LogP contribution in [0.1, 0.15) is 0 Å². The number of carbonyl (C=O) groups is 1. The average Bonchev–Trinajstić information content (AvgIpc) is 3.35. The molecule has 32 heavy (non-hydrogen) atoms. The highest BCUT2D eigenvalue weighted by Crippen LogP contribution is 2.25. The van der Waals surface area contributed by atoms with Gasteiger partial charge in [0.15, 0.2) is 5.82 Å². The van der Waals surface area contributed by atoms with Crippen molar-refractivity contribution in [2.24, 2.45) is 7.05 Å². The van der Waals surface area contributed by atoms with Gasteiger partial charge in [0.05, 0.1) is 18.6 Å². The monoisotopic (exact) mass is 469 g/mol. The molecule has 0 radical (unpaired) electrons. The van der Waals surface area contributed by atoms with Gasteiger partial charge >= 0.3 is 0 Å². The third-order valence-electron chi connectivity index (χ3n) is 4.63. The van der Waals surface area contributed by atoms with E-state index >= 15 is 0 Å². The minimum atomic E-state index is -0.213. The minimum absolute atomic E-state index is 0.111. The van der Waals surface area contributed by atoms with Crippen molar-refractivity contribution >= 4 is 35.1 Å². The van der Waals surface area contributed by atoms with Gasteiger partial charge in [-0.25, -0.2) is 4.68 Å². The quantitative estimate of drug-likeness (QED) is 0.315. The van der Waals surface area contributed by atoms with Crippen LogP contribution in [0.25, 0.3) is 22.6 Å². The first kappa shape index (κ1) is 21.7. The highest BCUT2D eigenvalue weighted by Gasteiger charge is 2.15. The van der Waals surface area contributed by atoms with Crippen molar-refractivity contribution in [1.82, 2.24) is 24.7 Å². The third-order valence-corrected chi connectivity index (χ3v) is 5.83. The zero-order chi connectivity index (χ0) is 22.7. The van der Waals surface area contributed by atoms with Crippen LogP contribution in [0.3, 0.4) is 0 Å². The molecular formula is C21H20ClN7O2S. The van der Waals surface area contributed by atoms with Crippen molar-refractivity contribution in [1.29, 1.82) is 0 Å². The van der Waals surface area contributed by atoms with Crippen molar-refractivity contribution in [3.05, 3.63) is 59.6 Å². The number of nitrogens with zero attached hydrogens (tertiary/aromatic N) is 5. The van der Waals surface area contributed by atoms with Gasteiger partial charge in [0, 0.05) is 29.3 Å². The fourth-order valence-electron chi connectivity index (χ4n) is 2.97. The van der Waals surface area contributed by atoms with Crippen molar-refractivity contribution in [3.8, 4) is 28.4 Å². The number of nitrogens with one attached hydrogen (secondary N) is 1. The number of hydrogen-bond acceptors (Lipinski definition) is 7. The highest BCUT2D eigenvalue weighted by molar-refractivity contribution is 7.99. The second kappa shape index (κ2) is 9.33. The number of nitrogens with two attached hydrogens (primary N) is 1. The largest absolute Gasteiger partial charge is 0.497 e. The van der Waals surface area contributed by atoms with Crippen LogP contribution < -0.4 is 15.9 Å². The first-order valence-electron chi connectivity index (χ1n) is 9.52. The van der Waals surface area contributed by atoms with E-state index in [9.17, 15) is 4.79 Å². The van der Waals surface area contributed by atoms with Gasteiger partial charge in [0.2, 0.25) is 11.1 Å². The summed E-state index contributed by atoms with van der Waals surface area (Å²) in [5.74, 6) is 7.84. The lowest BCUT2D eigenvalue weighted by molar-refractivity contribution is -0.113. The number of methoxy groups -OCH3 is 1. The number of ether oxygens (including phenoxy) is 1. The Morgan fingerprint density at radius 2 is 1.81 bits per heavy atom. The number of amides is 1. The molecule has 1 amide bonds. The van der Waals surface area contributed by atoms with Gasteiger partial charge in [-0.15, -0.1) is 10.2 Å². The SMILES string of the molecule is COc1ccc(-c2nnc(SCC(=O)Nc3cc(-c4ccc(Cl)cc4)nn3C)n2N)cc1. The molecule has 0 saturated heterocycles. The Morgan fingerprint density at radius 3 is 2.50 bits per heavy atom. The molecule has 11 heteroatoms. The first-order chi connectivity index (χ1) is 15.4. The molecule has 9 nitrogen and oxygen atoms in total. The highest BCUT2D eigenvalue weighted by atomic mass is 35.5. The number of aryl methyl sites for hydroxylation is 1. The van der Waals surface area contributed by atoms with E-state index in [0.29, 0.717) is 21.8 Å². The van der Waals surface area contributed by atoms with Crippen molar-refractivity contribution in [2.75, 3.05) is 24.0 Å². The summed E-state index contributed by atoms with van der Waals surface area (Å²) in [7, 11) is 3.37. The molecule has 2 aromatic heterocycles. The van der Waals surface area contributed by atoms with E-state index in [1.165, 1.54) is 16.4 Å². The predicted octanol–water partition coefficient (Wildman–Crippen LogP) is 3.45. The maximum Gasteiger partial charge on any atom is 0.235 e. The van der Waals surface area contributed by atoms with Crippen LogP contribution in [-0.2, 0) is 11.8 Å². The van der Waals surface area contributed by atoms with Crippen molar-refractivity contribution in [2.45, 2.75) is 5.16 Å². The Kier molecular flexibility index (Phi) is 6.33. The lowest BCUT2D eigenvalue weighted by atomic mass is 10.1. The van der Waals surface area contributed by atoms with E-state index < -0.39 is 0 Å². The Balaban J connectivity index is 1.39. The molecule has 0 bridgehead atoms. The lowest BCUT2D eigenvalue weighted by Crippen LogP contribution is -2.18. The fourth-order valence-corrected chi connectivity index (χ4v) is 3.75. The summed E-state index contributed by atoms with van der Waals surface area (Å²) in [6, 6.07) is 16.5. The summed E-state index contributed by atoms with van der Waals surface area (Å²) in [6.45, 7) is 0. The summed E-state index contributed by atoms with van der Waals surface area (Å²) in [5.41, 5.74) is 2.43. The number of thioether (sulfide) groups is 1. The molecule has 0 atom stereocenters. The number of rotatable bonds is 7. The number of carbonyl (C=O) groups excluding carboxylic acids is 1. The summed E-state index contributed by atoms with van der Waals surface area (Å²) in [5, 5.41) is 16.6. The van der Waals surface area contributed by atoms with Crippen LogP contribution in [0.5, 0.6) is 5.75 Å². The number of halogens is 1. The van der Waals surface area contributed by atoms with Crippen LogP contribution in [-0.4, -0.2) is 43.4 Å². The van der Waals surface area contributed by atoms with Gasteiger partial charge in [-0.05, 0) is 36.4 Å². The second-order valence-corrected chi connectivity index (χ2v) is 8.17. The Labute approximate surface area is 193 Å². The normalized spacial score (nSPS) is 10.8. The fraction of sp³-hybridized carbons (Fsp3) is 0.143. The van der Waals surface area contributed by atoms with Gasteiger partial charge in [-0.2, -0.15) is 5.10 Å². The van der Waals surface area contributed by atoms with Gasteiger partial charge < -0.3 is 15.9 Å². The standard InChI is InChI=1S/C21H20ClN7O2S/c1-28-18(11-17(27-28)13-3-7-15(22)8-4-13)24-19(30)12-32-21-26-25-20(29(21)23)14-5-9-16(31-2)10-6-14/h3-11H,12,23H2,1-2H3,(H,24,30). The molecule has 0 aliphatic rings. The number of hydrogen-bond donors (Lipinski definition) is 2. The van der Waals surface area contributed by atoms with Gasteiger partial charge in [-0.3, -0.25) is 9.48 Å². The van der Waals surface area contributed by atoms with Gasteiger partial charge in [-0.1, -0.05) is 35.5 Å². The molecule has 3 N–H and O–H groups in total. The van der Waals surface area contributed by atoms with E-state index in [-0.39, 0.29) is 11.7 Å². The van der Waals surface area contributed by atoms with Crippen LogP contribution >= 0.6 is 23.4 Å². The second-order valence-electron chi connectivity index (χ2n) is 6.79. The van der Waals surface area contributed by atoms with Crippen molar-refractivity contribution < 1.29 is 9.53 Å². The molecule has 0 spiro atoms. The van der Waals surface area contributed by atoms with E-state index in [2.05, 4.69) is 20.6 Å². The zero-order valence-electron chi connectivity index (χ0n) is 17.3. The molecule has 2 aromatic carbocycles. The maximum absolute atomic E-state index is 12.5.